The van der Waals surface area contributed by atoms with Gasteiger partial charge in [-0.15, -0.1) is 0 Å². The summed E-state index contributed by atoms with van der Waals surface area (Å²) in [7, 11) is 0. The van der Waals surface area contributed by atoms with Crippen molar-refractivity contribution in [3.05, 3.63) is 83.2 Å². The number of nitriles is 1. The number of amides is 1. The second-order valence-corrected chi connectivity index (χ2v) is 7.42. The number of aryl methyl sites for hydroxylation is 1. The van der Waals surface area contributed by atoms with Crippen molar-refractivity contribution in [1.82, 2.24) is 8.94 Å². The van der Waals surface area contributed by atoms with E-state index in [-0.39, 0.29) is 0 Å². The number of carbonyl (C=O) groups excluding carboxylic acids is 2. The van der Waals surface area contributed by atoms with Crippen LogP contribution in [0.2, 0.25) is 0 Å². The van der Waals surface area contributed by atoms with Crippen molar-refractivity contribution in [3.8, 4) is 6.07 Å². The Hall–Kier alpha value is -3.76. The van der Waals surface area contributed by atoms with E-state index < -0.39 is 11.7 Å². The first-order valence-corrected chi connectivity index (χ1v) is 9.68. The summed E-state index contributed by atoms with van der Waals surface area (Å²) in [5, 5.41) is 12.8. The fraction of sp³-hybridized carbons (Fsp3) is 0.0909. The molecule has 2 heterocycles. The Morgan fingerprint density at radius 3 is 2.62 bits per heavy atom. The van der Waals surface area contributed by atoms with E-state index in [0.717, 1.165) is 33.7 Å². The normalized spacial score (nSPS) is 10.6. The Balaban J connectivity index is 1.65. The van der Waals surface area contributed by atoms with Gasteiger partial charge in [0.1, 0.15) is 5.00 Å². The molecule has 1 amide bonds. The third-order valence-electron chi connectivity index (χ3n) is 4.54. The molecule has 6 nitrogen and oxygen atoms in total. The fourth-order valence-corrected chi connectivity index (χ4v) is 3.81. The van der Waals surface area contributed by atoms with Gasteiger partial charge in [0.2, 0.25) is 0 Å². The van der Waals surface area contributed by atoms with Crippen molar-refractivity contribution >= 4 is 39.1 Å². The molecule has 1 N–H and O–H groups in total. The molecule has 0 radical (unpaired) electrons. The van der Waals surface area contributed by atoms with Crippen molar-refractivity contribution in [1.29, 1.82) is 5.26 Å². The Kier molecular flexibility index (Phi) is 4.94. The lowest BCUT2D eigenvalue weighted by Crippen LogP contribution is -2.22. The predicted molar refractivity (Wildman–Crippen MR) is 112 cm³/mol. The van der Waals surface area contributed by atoms with Crippen LogP contribution < -0.4 is 5.32 Å². The Bertz CT molecular complexity index is 1260. The number of hydrogen-bond donors (Lipinski definition) is 1. The molecule has 0 bridgehead atoms. The second kappa shape index (κ2) is 7.70. The first-order valence-electron chi connectivity index (χ1n) is 8.91. The van der Waals surface area contributed by atoms with Gasteiger partial charge in [0.25, 0.3) is 11.7 Å². The topological polar surface area (TPSA) is 87.8 Å². The lowest BCUT2D eigenvalue weighted by Gasteiger charge is -2.05. The number of carbonyl (C=O) groups is 2. The highest BCUT2D eigenvalue weighted by molar-refractivity contribution is 7.10. The number of nitrogens with one attached hydrogen (secondary N) is 1. The summed E-state index contributed by atoms with van der Waals surface area (Å²) < 4.78 is 6.04. The zero-order chi connectivity index (χ0) is 20.4. The van der Waals surface area contributed by atoms with Crippen molar-refractivity contribution < 1.29 is 9.59 Å². The first kappa shape index (κ1) is 18.6. The van der Waals surface area contributed by atoms with E-state index in [2.05, 4.69) is 15.8 Å². The van der Waals surface area contributed by atoms with Gasteiger partial charge in [-0.1, -0.05) is 30.3 Å². The van der Waals surface area contributed by atoms with Gasteiger partial charge in [-0.05, 0) is 48.3 Å². The summed E-state index contributed by atoms with van der Waals surface area (Å²) in [5.41, 5.74) is 3.59. The van der Waals surface area contributed by atoms with Gasteiger partial charge in [-0.25, -0.2) is 0 Å². The molecule has 142 valence electrons. The van der Waals surface area contributed by atoms with E-state index in [0.29, 0.717) is 22.7 Å². The van der Waals surface area contributed by atoms with E-state index in [1.54, 1.807) is 24.4 Å². The number of ketones is 1. The minimum absolute atomic E-state index is 0.355. The molecule has 4 rings (SSSR count). The van der Waals surface area contributed by atoms with Crippen LogP contribution in [0.3, 0.4) is 0 Å². The molecule has 4 aromatic rings. The fourth-order valence-electron chi connectivity index (χ4n) is 3.15. The van der Waals surface area contributed by atoms with Gasteiger partial charge >= 0.3 is 0 Å². The number of hydrogen-bond acceptors (Lipinski definition) is 5. The molecule has 7 heteroatoms. The van der Waals surface area contributed by atoms with Gasteiger partial charge in [0.15, 0.2) is 0 Å². The molecule has 0 spiro atoms. The van der Waals surface area contributed by atoms with E-state index in [1.165, 1.54) is 0 Å². The number of Topliss-reactive ketones (excluding diaryl/α,β-unsaturated/α-hetero) is 1. The van der Waals surface area contributed by atoms with Crippen molar-refractivity contribution in [2.45, 2.75) is 13.5 Å². The molecule has 29 heavy (non-hydrogen) atoms. The number of anilines is 1. The number of para-hydroxylation sites is 1. The molecular formula is C22H16N4O2S. The summed E-state index contributed by atoms with van der Waals surface area (Å²) in [6, 6.07) is 18.6. The van der Waals surface area contributed by atoms with E-state index in [1.807, 2.05) is 47.9 Å². The molecular weight excluding hydrogens is 384 g/mol. The zero-order valence-corrected chi connectivity index (χ0v) is 16.4. The van der Waals surface area contributed by atoms with Gasteiger partial charge in [-0.3, -0.25) is 9.59 Å². The third kappa shape index (κ3) is 3.79. The number of nitrogens with zero attached hydrogens (tertiary/aromatic N) is 3. The molecule has 0 atom stereocenters. The van der Waals surface area contributed by atoms with Crippen molar-refractivity contribution in [2.75, 3.05) is 5.32 Å². The Morgan fingerprint density at radius 2 is 1.93 bits per heavy atom. The Labute approximate surface area is 171 Å². The third-order valence-corrected chi connectivity index (χ3v) is 5.34. The highest BCUT2D eigenvalue weighted by Gasteiger charge is 2.22. The monoisotopic (exact) mass is 400 g/mol. The molecule has 2 aromatic carbocycles. The van der Waals surface area contributed by atoms with Crippen LogP contribution in [-0.4, -0.2) is 20.6 Å². The van der Waals surface area contributed by atoms with Gasteiger partial charge in [0.05, 0.1) is 22.9 Å². The van der Waals surface area contributed by atoms with Gasteiger partial charge < -0.3 is 9.88 Å². The quantitative estimate of drug-likeness (QED) is 0.403. The maximum absolute atomic E-state index is 12.8. The lowest BCUT2D eigenvalue weighted by molar-refractivity contribution is -0.112. The molecule has 0 aliphatic heterocycles. The summed E-state index contributed by atoms with van der Waals surface area (Å²) >= 11 is 1.14. The minimum atomic E-state index is -0.685. The maximum atomic E-state index is 12.8. The average Bonchev–Trinajstić information content (AvgIpc) is 3.31. The van der Waals surface area contributed by atoms with Gasteiger partial charge in [0, 0.05) is 23.6 Å². The maximum Gasteiger partial charge on any atom is 0.297 e. The number of benzene rings is 2. The first-order chi connectivity index (χ1) is 14.0. The summed E-state index contributed by atoms with van der Waals surface area (Å²) in [6.07, 6.45) is 1.71. The number of rotatable bonds is 5. The molecule has 0 unspecified atom stereocenters. The van der Waals surface area contributed by atoms with E-state index >= 15 is 0 Å². The van der Waals surface area contributed by atoms with Crippen LogP contribution in [0.4, 0.5) is 5.00 Å². The Morgan fingerprint density at radius 1 is 1.17 bits per heavy atom. The van der Waals surface area contributed by atoms with Crippen LogP contribution >= 0.6 is 11.5 Å². The van der Waals surface area contributed by atoms with Crippen LogP contribution in [-0.2, 0) is 11.3 Å². The average molecular weight is 400 g/mol. The van der Waals surface area contributed by atoms with E-state index in [4.69, 9.17) is 5.26 Å². The summed E-state index contributed by atoms with van der Waals surface area (Å²) in [4.78, 5) is 25.3. The molecule has 0 aliphatic carbocycles. The highest BCUT2D eigenvalue weighted by Crippen LogP contribution is 2.24. The lowest BCUT2D eigenvalue weighted by atomic mass is 10.1. The second-order valence-electron chi connectivity index (χ2n) is 6.61. The minimum Gasteiger partial charge on any atom is -0.342 e. The van der Waals surface area contributed by atoms with Crippen LogP contribution in [0.15, 0.2) is 60.8 Å². The van der Waals surface area contributed by atoms with Crippen LogP contribution in [0.1, 0.15) is 27.2 Å². The smallest absolute Gasteiger partial charge is 0.297 e. The van der Waals surface area contributed by atoms with Crippen LogP contribution in [0, 0.1) is 18.3 Å². The summed E-state index contributed by atoms with van der Waals surface area (Å²) in [6.45, 7) is 2.35. The molecule has 0 aliphatic rings. The number of fused-ring (bicyclic) bond motifs is 1. The van der Waals surface area contributed by atoms with Crippen LogP contribution in [0.5, 0.6) is 0 Å². The largest absolute Gasteiger partial charge is 0.342 e. The molecule has 0 saturated heterocycles. The van der Waals surface area contributed by atoms with Crippen molar-refractivity contribution in [2.24, 2.45) is 0 Å². The van der Waals surface area contributed by atoms with Gasteiger partial charge in [-0.2, -0.15) is 9.64 Å². The highest BCUT2D eigenvalue weighted by atomic mass is 32.1. The zero-order valence-electron chi connectivity index (χ0n) is 15.5. The molecule has 0 fully saturated rings. The number of aromatic nitrogens is 2. The van der Waals surface area contributed by atoms with Crippen molar-refractivity contribution in [3.63, 3.8) is 0 Å². The SMILES string of the molecule is Cc1cc(NC(=O)C(=O)c2cn(Cc3ccc(C#N)cc3)c3ccccc23)sn1. The predicted octanol–water partition coefficient (Wildman–Crippen LogP) is 4.15. The standard InChI is InChI=1S/C22H16N4O2S/c1-14-10-20(29-25-14)24-22(28)21(27)18-13-26(19-5-3-2-4-17(18)19)12-16-8-6-15(11-23)7-9-16/h2-10,13H,12H2,1H3,(H,24,28). The molecule has 0 saturated carbocycles. The summed E-state index contributed by atoms with van der Waals surface area (Å²) in [5.74, 6) is -1.28. The molecule has 2 aromatic heterocycles. The van der Waals surface area contributed by atoms with E-state index in [9.17, 15) is 9.59 Å². The van der Waals surface area contributed by atoms with Crippen LogP contribution in [0.25, 0.3) is 10.9 Å².